The first-order chi connectivity index (χ1) is 12.8. The van der Waals surface area contributed by atoms with Crippen LogP contribution in [0.3, 0.4) is 0 Å². The van der Waals surface area contributed by atoms with E-state index in [2.05, 4.69) is 0 Å². The summed E-state index contributed by atoms with van der Waals surface area (Å²) in [5.41, 5.74) is -3.33. The van der Waals surface area contributed by atoms with Gasteiger partial charge in [-0.05, 0) is 32.1 Å². The minimum absolute atomic E-state index is 0.0671. The van der Waals surface area contributed by atoms with E-state index in [0.717, 1.165) is 0 Å². The Morgan fingerprint density at radius 1 is 1.18 bits per heavy atom. The number of halogens is 4. The van der Waals surface area contributed by atoms with Gasteiger partial charge in [0.05, 0.1) is 11.5 Å². The molecule has 1 N–H and O–H groups in total. The van der Waals surface area contributed by atoms with Crippen LogP contribution in [-0.2, 0) is 20.9 Å². The van der Waals surface area contributed by atoms with Crippen molar-refractivity contribution in [3.05, 3.63) is 34.9 Å². The molecule has 2 rings (SSSR count). The Kier molecular flexibility index (Phi) is 6.23. The Hall–Kier alpha value is -1.96. The molecule has 2 unspecified atom stereocenters. The van der Waals surface area contributed by atoms with Crippen molar-refractivity contribution in [2.75, 3.05) is 0 Å². The number of carbonyl (C=O) groups excluding carboxylic acids is 2. The third kappa shape index (κ3) is 4.37. The van der Waals surface area contributed by atoms with E-state index < -0.39 is 70.0 Å². The van der Waals surface area contributed by atoms with E-state index in [0.29, 0.717) is 12.8 Å². The molecule has 0 aliphatic heterocycles. The average Bonchev–Trinajstić information content (AvgIpc) is 2.57. The Bertz CT molecular complexity index is 757. The molecule has 0 heterocycles. The molecule has 0 radical (unpaired) electrons. The van der Waals surface area contributed by atoms with Crippen molar-refractivity contribution >= 4 is 11.8 Å². The van der Waals surface area contributed by atoms with E-state index in [9.17, 15) is 32.3 Å². The van der Waals surface area contributed by atoms with Crippen molar-refractivity contribution in [2.45, 2.75) is 59.2 Å². The van der Waals surface area contributed by atoms with Gasteiger partial charge in [0.2, 0.25) is 0 Å². The molecule has 28 heavy (non-hydrogen) atoms. The van der Waals surface area contributed by atoms with E-state index in [-0.39, 0.29) is 12.5 Å². The normalized spacial score (nSPS) is 22.0. The van der Waals surface area contributed by atoms with Gasteiger partial charge in [0.25, 0.3) is 0 Å². The first-order valence-corrected chi connectivity index (χ1v) is 9.02. The number of aliphatic hydroxyl groups is 1. The van der Waals surface area contributed by atoms with Gasteiger partial charge in [-0.3, -0.25) is 9.59 Å². The number of ketones is 1. The van der Waals surface area contributed by atoms with Gasteiger partial charge >= 0.3 is 5.97 Å². The van der Waals surface area contributed by atoms with E-state index in [1.54, 1.807) is 13.8 Å². The predicted octanol–water partition coefficient (Wildman–Crippen LogP) is 4.07. The van der Waals surface area contributed by atoms with Crippen LogP contribution in [0.15, 0.2) is 6.07 Å². The molecule has 156 valence electrons. The van der Waals surface area contributed by atoms with Gasteiger partial charge in [-0.1, -0.05) is 20.3 Å². The SMILES string of the molecule is CC(C)(O)C(=O)C1C(C(=O)OCc2c(F)c(F)cc(F)c2F)CCCC1(C)C. The first kappa shape index (κ1) is 22.3. The van der Waals surface area contributed by atoms with Gasteiger partial charge in [-0.2, -0.15) is 0 Å². The summed E-state index contributed by atoms with van der Waals surface area (Å²) in [6.07, 6.45) is 1.54. The number of hydrogen-bond donors (Lipinski definition) is 1. The fraction of sp³-hybridized carbons (Fsp3) is 0.600. The van der Waals surface area contributed by atoms with Crippen molar-refractivity contribution in [3.63, 3.8) is 0 Å². The number of hydrogen-bond acceptors (Lipinski definition) is 4. The zero-order valence-electron chi connectivity index (χ0n) is 16.2. The van der Waals surface area contributed by atoms with Crippen LogP contribution in [0.4, 0.5) is 17.6 Å². The number of carbonyl (C=O) groups is 2. The summed E-state index contributed by atoms with van der Waals surface area (Å²) in [5.74, 6) is -9.72. The highest BCUT2D eigenvalue weighted by Gasteiger charge is 2.50. The Balaban J connectivity index is 2.26. The van der Waals surface area contributed by atoms with Crippen LogP contribution in [0.5, 0.6) is 0 Å². The quantitative estimate of drug-likeness (QED) is 0.457. The maximum absolute atomic E-state index is 13.8. The van der Waals surface area contributed by atoms with E-state index in [4.69, 9.17) is 4.74 Å². The minimum atomic E-state index is -1.68. The molecule has 2 atom stereocenters. The third-order valence-corrected chi connectivity index (χ3v) is 5.33. The lowest BCUT2D eigenvalue weighted by atomic mass is 9.60. The van der Waals surface area contributed by atoms with E-state index >= 15 is 0 Å². The third-order valence-electron chi connectivity index (χ3n) is 5.33. The Labute approximate surface area is 160 Å². The fourth-order valence-electron chi connectivity index (χ4n) is 3.82. The molecule has 0 spiro atoms. The van der Waals surface area contributed by atoms with Crippen LogP contribution in [0.25, 0.3) is 0 Å². The monoisotopic (exact) mass is 404 g/mol. The molecular weight excluding hydrogens is 380 g/mol. The maximum Gasteiger partial charge on any atom is 0.310 e. The molecule has 1 saturated carbocycles. The predicted molar refractivity (Wildman–Crippen MR) is 92.0 cm³/mol. The highest BCUT2D eigenvalue weighted by atomic mass is 19.2. The van der Waals surface area contributed by atoms with Gasteiger partial charge in [0.15, 0.2) is 29.1 Å². The van der Waals surface area contributed by atoms with Crippen molar-refractivity contribution in [2.24, 2.45) is 17.3 Å². The van der Waals surface area contributed by atoms with Crippen molar-refractivity contribution < 1.29 is 37.0 Å². The van der Waals surface area contributed by atoms with Crippen LogP contribution in [0.2, 0.25) is 0 Å². The maximum atomic E-state index is 13.8. The van der Waals surface area contributed by atoms with Gasteiger partial charge in [0, 0.05) is 12.0 Å². The molecule has 8 heteroatoms. The lowest BCUT2D eigenvalue weighted by molar-refractivity contribution is -0.164. The molecule has 0 saturated heterocycles. The van der Waals surface area contributed by atoms with E-state index in [1.807, 2.05) is 0 Å². The number of Topliss-reactive ketones (excluding diaryl/α,β-unsaturated/α-hetero) is 1. The summed E-state index contributed by atoms with van der Waals surface area (Å²) in [4.78, 5) is 25.3. The molecule has 0 bridgehead atoms. The molecule has 0 amide bonds. The first-order valence-electron chi connectivity index (χ1n) is 9.02. The van der Waals surface area contributed by atoms with Crippen LogP contribution in [0, 0.1) is 40.5 Å². The van der Waals surface area contributed by atoms with Gasteiger partial charge in [-0.15, -0.1) is 0 Å². The summed E-state index contributed by atoms with van der Waals surface area (Å²) in [6, 6.07) is 0.0671. The molecule has 4 nitrogen and oxygen atoms in total. The van der Waals surface area contributed by atoms with Crippen LogP contribution in [-0.4, -0.2) is 22.5 Å². The lowest BCUT2D eigenvalue weighted by Gasteiger charge is -2.43. The highest BCUT2D eigenvalue weighted by Crippen LogP contribution is 2.46. The molecule has 1 aromatic carbocycles. The number of ether oxygens (including phenoxy) is 1. The summed E-state index contributed by atoms with van der Waals surface area (Å²) < 4.78 is 59.1. The molecule has 1 fully saturated rings. The molecule has 1 aromatic rings. The highest BCUT2D eigenvalue weighted by molar-refractivity contribution is 5.93. The number of esters is 1. The second-order valence-electron chi connectivity index (χ2n) is 8.44. The molecule has 0 aromatic heterocycles. The zero-order valence-corrected chi connectivity index (χ0v) is 16.2. The van der Waals surface area contributed by atoms with Gasteiger partial charge < -0.3 is 9.84 Å². The molecule has 1 aliphatic rings. The molecule has 1 aliphatic carbocycles. The smallest absolute Gasteiger partial charge is 0.310 e. The number of benzene rings is 1. The van der Waals surface area contributed by atoms with Crippen molar-refractivity contribution in [3.8, 4) is 0 Å². The minimum Gasteiger partial charge on any atom is -0.460 e. The summed E-state index contributed by atoms with van der Waals surface area (Å²) in [7, 11) is 0. The standard InChI is InChI=1S/C20H24F4O4/c1-19(2)7-5-6-10(14(19)17(25)20(3,4)27)18(26)28-9-11-15(23)12(21)8-13(22)16(11)24/h8,10,14,27H,5-7,9H2,1-4H3. The average molecular weight is 404 g/mol. The summed E-state index contributed by atoms with van der Waals surface area (Å²) in [6.45, 7) is 5.22. The van der Waals surface area contributed by atoms with Crippen LogP contribution in [0.1, 0.15) is 52.5 Å². The van der Waals surface area contributed by atoms with Gasteiger partial charge in [0.1, 0.15) is 12.2 Å². The van der Waals surface area contributed by atoms with Crippen molar-refractivity contribution in [1.29, 1.82) is 0 Å². The fourth-order valence-corrected chi connectivity index (χ4v) is 3.82. The summed E-state index contributed by atoms with van der Waals surface area (Å²) in [5, 5.41) is 10.1. The van der Waals surface area contributed by atoms with Crippen LogP contribution < -0.4 is 0 Å². The van der Waals surface area contributed by atoms with Gasteiger partial charge in [-0.25, -0.2) is 17.6 Å². The second-order valence-corrected chi connectivity index (χ2v) is 8.44. The topological polar surface area (TPSA) is 63.6 Å². The zero-order chi connectivity index (χ0) is 21.4. The lowest BCUT2D eigenvalue weighted by Crippen LogP contribution is -2.50. The summed E-state index contributed by atoms with van der Waals surface area (Å²) >= 11 is 0. The van der Waals surface area contributed by atoms with E-state index in [1.165, 1.54) is 13.8 Å². The Morgan fingerprint density at radius 3 is 2.21 bits per heavy atom. The van der Waals surface area contributed by atoms with Crippen molar-refractivity contribution in [1.82, 2.24) is 0 Å². The molecular formula is C20H24F4O4. The van der Waals surface area contributed by atoms with Crippen LogP contribution >= 0.6 is 0 Å². The second kappa shape index (κ2) is 7.81. The Morgan fingerprint density at radius 2 is 1.71 bits per heavy atom. The number of rotatable bonds is 5. The largest absolute Gasteiger partial charge is 0.460 e.